The van der Waals surface area contributed by atoms with Gasteiger partial charge in [0.2, 0.25) is 0 Å². The lowest BCUT2D eigenvalue weighted by atomic mass is 9.88. The van der Waals surface area contributed by atoms with Crippen LogP contribution in [0.1, 0.15) is 43.7 Å². The van der Waals surface area contributed by atoms with Crippen molar-refractivity contribution in [3.05, 3.63) is 23.4 Å². The van der Waals surface area contributed by atoms with E-state index in [1.807, 2.05) is 11.8 Å². The van der Waals surface area contributed by atoms with Gasteiger partial charge in [0, 0.05) is 37.2 Å². The molecule has 2 saturated heterocycles. The smallest absolute Gasteiger partial charge is 0.417 e. The van der Waals surface area contributed by atoms with Crippen molar-refractivity contribution in [3.63, 3.8) is 0 Å². The van der Waals surface area contributed by atoms with Crippen LogP contribution in [-0.2, 0) is 26.9 Å². The fourth-order valence-electron chi connectivity index (χ4n) is 4.53. The minimum absolute atomic E-state index is 0.0322. The standard InChI is InChI=1S/C20H26F3N3O4/c1-2-26(16-3-5-19(6-4-16)29-9-10-30-19)17-14(13-25-7-8-28-18(25)27)11-15(12-24-17)20(21,22)23/h11-12,16H,2-10,13H2,1H3. The van der Waals surface area contributed by atoms with Crippen LogP contribution < -0.4 is 4.90 Å². The minimum Gasteiger partial charge on any atom is -0.448 e. The molecule has 1 spiro atoms. The van der Waals surface area contributed by atoms with Gasteiger partial charge in [0.15, 0.2) is 5.79 Å². The normalized spacial score (nSPS) is 22.0. The largest absolute Gasteiger partial charge is 0.448 e. The van der Waals surface area contributed by atoms with E-state index in [2.05, 4.69) is 4.98 Å². The molecule has 0 atom stereocenters. The molecule has 3 aliphatic rings. The predicted molar refractivity (Wildman–Crippen MR) is 101 cm³/mol. The third-order valence-corrected chi connectivity index (χ3v) is 6.06. The first-order valence-electron chi connectivity index (χ1n) is 10.3. The summed E-state index contributed by atoms with van der Waals surface area (Å²) >= 11 is 0. The van der Waals surface area contributed by atoms with Gasteiger partial charge in [0.1, 0.15) is 12.4 Å². The van der Waals surface area contributed by atoms with Gasteiger partial charge in [-0.3, -0.25) is 0 Å². The Balaban J connectivity index is 1.59. The summed E-state index contributed by atoms with van der Waals surface area (Å²) in [6.45, 7) is 4.36. The van der Waals surface area contributed by atoms with Crippen molar-refractivity contribution in [1.29, 1.82) is 0 Å². The summed E-state index contributed by atoms with van der Waals surface area (Å²) in [5, 5.41) is 0. The molecule has 0 aromatic carbocycles. The molecule has 0 radical (unpaired) electrons. The second kappa shape index (κ2) is 8.22. The summed E-state index contributed by atoms with van der Waals surface area (Å²) in [7, 11) is 0. The maximum Gasteiger partial charge on any atom is 0.417 e. The van der Waals surface area contributed by atoms with Gasteiger partial charge in [-0.2, -0.15) is 13.2 Å². The monoisotopic (exact) mass is 429 g/mol. The molecule has 1 aromatic heterocycles. The highest BCUT2D eigenvalue weighted by Crippen LogP contribution is 2.39. The zero-order valence-electron chi connectivity index (χ0n) is 16.9. The van der Waals surface area contributed by atoms with Crippen molar-refractivity contribution in [1.82, 2.24) is 9.88 Å². The van der Waals surface area contributed by atoms with Crippen LogP contribution in [0.2, 0.25) is 0 Å². The molecule has 1 amide bonds. The highest BCUT2D eigenvalue weighted by Gasteiger charge is 2.42. The molecule has 0 unspecified atom stereocenters. The Hall–Kier alpha value is -2.07. The summed E-state index contributed by atoms with van der Waals surface area (Å²) in [4.78, 5) is 19.5. The van der Waals surface area contributed by atoms with E-state index in [-0.39, 0.29) is 19.2 Å². The molecule has 10 heteroatoms. The van der Waals surface area contributed by atoms with Crippen LogP contribution in [0.15, 0.2) is 12.3 Å². The van der Waals surface area contributed by atoms with E-state index >= 15 is 0 Å². The van der Waals surface area contributed by atoms with Gasteiger partial charge >= 0.3 is 12.3 Å². The van der Waals surface area contributed by atoms with Crippen LogP contribution in [0.25, 0.3) is 0 Å². The van der Waals surface area contributed by atoms with E-state index in [9.17, 15) is 18.0 Å². The lowest BCUT2D eigenvalue weighted by molar-refractivity contribution is -0.178. The van der Waals surface area contributed by atoms with Crippen LogP contribution in [0.3, 0.4) is 0 Å². The number of nitrogens with zero attached hydrogens (tertiary/aromatic N) is 3. The Kier molecular flexibility index (Phi) is 5.80. The molecule has 3 fully saturated rings. The first-order valence-corrected chi connectivity index (χ1v) is 10.3. The van der Waals surface area contributed by atoms with Gasteiger partial charge < -0.3 is 24.0 Å². The van der Waals surface area contributed by atoms with Gasteiger partial charge in [0.05, 0.1) is 31.9 Å². The third-order valence-electron chi connectivity index (χ3n) is 6.06. The van der Waals surface area contributed by atoms with E-state index < -0.39 is 23.6 Å². The highest BCUT2D eigenvalue weighted by atomic mass is 19.4. The number of carbonyl (C=O) groups excluding carboxylic acids is 1. The second-order valence-corrected chi connectivity index (χ2v) is 7.87. The van der Waals surface area contributed by atoms with Gasteiger partial charge in [-0.1, -0.05) is 0 Å². The van der Waals surface area contributed by atoms with Gasteiger partial charge in [-0.25, -0.2) is 9.78 Å². The molecule has 3 heterocycles. The number of hydrogen-bond acceptors (Lipinski definition) is 6. The number of anilines is 1. The Morgan fingerprint density at radius 1 is 1.23 bits per heavy atom. The van der Waals surface area contributed by atoms with Gasteiger partial charge in [0.25, 0.3) is 0 Å². The number of alkyl halides is 3. The molecule has 1 aromatic rings. The predicted octanol–water partition coefficient (Wildman–Crippen LogP) is 3.56. The molecule has 0 bridgehead atoms. The quantitative estimate of drug-likeness (QED) is 0.713. The number of rotatable bonds is 5. The molecule has 0 N–H and O–H groups in total. The number of pyridine rings is 1. The maximum atomic E-state index is 13.3. The van der Waals surface area contributed by atoms with Crippen molar-refractivity contribution in [3.8, 4) is 0 Å². The molecule has 166 valence electrons. The number of ether oxygens (including phenoxy) is 3. The van der Waals surface area contributed by atoms with Crippen LogP contribution >= 0.6 is 0 Å². The molecule has 30 heavy (non-hydrogen) atoms. The second-order valence-electron chi connectivity index (χ2n) is 7.87. The van der Waals surface area contributed by atoms with Crippen molar-refractivity contribution in [2.45, 2.75) is 57.2 Å². The maximum absolute atomic E-state index is 13.3. The van der Waals surface area contributed by atoms with Crippen LogP contribution in [0.5, 0.6) is 0 Å². The Bertz CT molecular complexity index is 773. The van der Waals surface area contributed by atoms with E-state index in [0.29, 0.717) is 37.7 Å². The zero-order chi connectivity index (χ0) is 21.4. The summed E-state index contributed by atoms with van der Waals surface area (Å²) in [6, 6.07) is 1.21. The molecule has 1 aliphatic carbocycles. The van der Waals surface area contributed by atoms with Crippen molar-refractivity contribution in [2.24, 2.45) is 0 Å². The van der Waals surface area contributed by atoms with Crippen molar-refractivity contribution in [2.75, 3.05) is 37.8 Å². The van der Waals surface area contributed by atoms with Gasteiger partial charge in [-0.05, 0) is 25.8 Å². The summed E-state index contributed by atoms with van der Waals surface area (Å²) < 4.78 is 56.4. The molecular formula is C20H26F3N3O4. The Morgan fingerprint density at radius 3 is 2.50 bits per heavy atom. The van der Waals surface area contributed by atoms with Crippen LogP contribution in [0, 0.1) is 0 Å². The summed E-state index contributed by atoms with van der Waals surface area (Å²) in [6.07, 6.45) is -1.08. The molecule has 4 rings (SSSR count). The zero-order valence-corrected chi connectivity index (χ0v) is 16.9. The fourth-order valence-corrected chi connectivity index (χ4v) is 4.53. The first-order chi connectivity index (χ1) is 14.3. The van der Waals surface area contributed by atoms with E-state index in [1.54, 1.807) is 0 Å². The average Bonchev–Trinajstić information content (AvgIpc) is 3.33. The Labute approximate surface area is 173 Å². The molecule has 1 saturated carbocycles. The number of aromatic nitrogens is 1. The van der Waals surface area contributed by atoms with Gasteiger partial charge in [-0.15, -0.1) is 0 Å². The number of halogens is 3. The SMILES string of the molecule is CCN(c1ncc(C(F)(F)F)cc1CN1CCOC1=O)C1CCC2(CC1)OCCO2. The number of cyclic esters (lactones) is 1. The fraction of sp³-hybridized carbons (Fsp3) is 0.700. The number of carbonyl (C=O) groups is 1. The number of hydrogen-bond donors (Lipinski definition) is 0. The lowest BCUT2D eigenvalue weighted by Crippen LogP contribution is -2.45. The van der Waals surface area contributed by atoms with Crippen molar-refractivity contribution < 1.29 is 32.2 Å². The third kappa shape index (κ3) is 4.20. The molecular weight excluding hydrogens is 403 g/mol. The van der Waals surface area contributed by atoms with Crippen LogP contribution in [0.4, 0.5) is 23.8 Å². The molecule has 7 nitrogen and oxygen atoms in total. The Morgan fingerprint density at radius 2 is 1.93 bits per heavy atom. The number of amides is 1. The average molecular weight is 429 g/mol. The molecule has 2 aliphatic heterocycles. The van der Waals surface area contributed by atoms with Crippen LogP contribution in [-0.4, -0.2) is 60.7 Å². The van der Waals surface area contributed by atoms with E-state index in [0.717, 1.165) is 37.9 Å². The lowest BCUT2D eigenvalue weighted by Gasteiger charge is -2.41. The highest BCUT2D eigenvalue weighted by molar-refractivity contribution is 5.69. The summed E-state index contributed by atoms with van der Waals surface area (Å²) in [5.74, 6) is -0.0227. The topological polar surface area (TPSA) is 64.1 Å². The van der Waals surface area contributed by atoms with E-state index in [1.165, 1.54) is 4.90 Å². The van der Waals surface area contributed by atoms with Crippen molar-refractivity contribution >= 4 is 11.9 Å². The first kappa shape index (κ1) is 21.2. The van der Waals surface area contributed by atoms with E-state index in [4.69, 9.17) is 14.2 Å². The summed E-state index contributed by atoms with van der Waals surface area (Å²) in [5.41, 5.74) is -0.445. The minimum atomic E-state index is -4.50.